The lowest BCUT2D eigenvalue weighted by Gasteiger charge is -2.39. The van der Waals surface area contributed by atoms with Crippen molar-refractivity contribution in [2.75, 3.05) is 50.9 Å². The summed E-state index contributed by atoms with van der Waals surface area (Å²) in [6.07, 6.45) is 8.30. The summed E-state index contributed by atoms with van der Waals surface area (Å²) in [6.45, 7) is 3.58. The van der Waals surface area contributed by atoms with Crippen molar-refractivity contribution in [3.8, 4) is 0 Å². The number of carbonyl (C=O) groups excluding carboxylic acids is 8. The van der Waals surface area contributed by atoms with Gasteiger partial charge in [-0.05, 0) is 152 Å². The Balaban J connectivity index is 0.839. The van der Waals surface area contributed by atoms with Crippen molar-refractivity contribution in [1.29, 1.82) is 0 Å². The summed E-state index contributed by atoms with van der Waals surface area (Å²) in [5, 5.41) is 23.9. The number of rotatable bonds is 12. The van der Waals surface area contributed by atoms with Crippen LogP contribution in [0, 0.1) is 0 Å². The zero-order valence-corrected chi connectivity index (χ0v) is 44.1. The zero-order valence-electron chi connectivity index (χ0n) is 44.1. The molecule has 3 aromatic rings. The molecule has 0 aromatic heterocycles. The Bertz CT molecular complexity index is 2490. The van der Waals surface area contributed by atoms with Crippen molar-refractivity contribution in [1.82, 2.24) is 51.5 Å². The standard InChI is InChI=1S/C56H74N12O8/c1-33(57-3)49(69)63-45-31-65(29-27-39-23-25-47(67(39)53(45)73)51(71)61-43-17-9-13-35-11-5-7-15-41(35)43)55(75)59-37-19-21-38(22-20-37)60-56(76)66-30-28-40-24-26-48(68(40)54(74)46(32-66)64-50(70)34(2)58-4)52(72)62-44-18-10-14-36-12-6-8-16-42(36)44/h5-8,11-12,15-16,19-22,33-34,39-40,43-48,57-58H,9-10,13-14,17-18,23-32H2,1-4H3,(H,59,75)(H,60,76)(H,61,71)(H,62,72)(H,63,69)(H,64,70)/t33-,34-,39+,40+,43+,44+,45-,46-,47-,48-/m0/s1. The van der Waals surface area contributed by atoms with E-state index in [0.717, 1.165) is 49.7 Å². The molecule has 0 spiro atoms. The van der Waals surface area contributed by atoms with Crippen molar-refractivity contribution in [2.24, 2.45) is 0 Å². The van der Waals surface area contributed by atoms with Gasteiger partial charge in [0.05, 0.1) is 37.3 Å². The summed E-state index contributed by atoms with van der Waals surface area (Å²) in [5.41, 5.74) is 5.45. The van der Waals surface area contributed by atoms with Gasteiger partial charge in [-0.2, -0.15) is 0 Å². The highest BCUT2D eigenvalue weighted by Gasteiger charge is 2.48. The molecule has 10 amide bonds. The van der Waals surface area contributed by atoms with Crippen molar-refractivity contribution >= 4 is 58.9 Å². The second kappa shape index (κ2) is 23.9. The zero-order chi connectivity index (χ0) is 53.6. The first-order valence-corrected chi connectivity index (χ1v) is 27.3. The van der Waals surface area contributed by atoms with Crippen LogP contribution in [0.4, 0.5) is 21.0 Å². The molecule has 0 bridgehead atoms. The quantitative estimate of drug-likeness (QED) is 0.131. The largest absolute Gasteiger partial charge is 0.347 e. The molecule has 20 nitrogen and oxygen atoms in total. The van der Waals surface area contributed by atoms with E-state index < -0.39 is 71.9 Å². The van der Waals surface area contributed by atoms with Gasteiger partial charge in [-0.3, -0.25) is 28.8 Å². The van der Waals surface area contributed by atoms with Crippen molar-refractivity contribution in [3.05, 3.63) is 95.1 Å². The number of likely N-dealkylation sites (N-methyl/N-ethyl adjacent to an activating group) is 2. The molecule has 4 saturated heterocycles. The van der Waals surface area contributed by atoms with Crippen LogP contribution in [0.2, 0.25) is 0 Å². The van der Waals surface area contributed by atoms with E-state index in [2.05, 4.69) is 54.7 Å². The van der Waals surface area contributed by atoms with Gasteiger partial charge in [0.25, 0.3) is 0 Å². The molecule has 20 heteroatoms. The first-order valence-electron chi connectivity index (χ1n) is 27.3. The Morgan fingerprint density at radius 2 is 0.882 bits per heavy atom. The number of anilines is 2. The molecule has 8 N–H and O–H groups in total. The summed E-state index contributed by atoms with van der Waals surface area (Å²) in [7, 11) is 3.28. The molecule has 0 radical (unpaired) electrons. The first kappa shape index (κ1) is 53.8. The number of benzene rings is 3. The molecule has 6 aliphatic rings. The number of fused-ring (bicyclic) bond motifs is 4. The molecule has 4 heterocycles. The van der Waals surface area contributed by atoms with Gasteiger partial charge in [0.15, 0.2) is 0 Å². The van der Waals surface area contributed by atoms with Crippen LogP contribution in [0.1, 0.15) is 112 Å². The number of urea groups is 2. The van der Waals surface area contributed by atoms with Gasteiger partial charge in [-0.1, -0.05) is 48.5 Å². The summed E-state index contributed by atoms with van der Waals surface area (Å²) < 4.78 is 0. The van der Waals surface area contributed by atoms with Gasteiger partial charge in [-0.15, -0.1) is 0 Å². The Labute approximate surface area is 444 Å². The van der Waals surface area contributed by atoms with E-state index >= 15 is 0 Å². The molecule has 2 aliphatic carbocycles. The lowest BCUT2D eigenvalue weighted by atomic mass is 9.87. The number of nitrogens with one attached hydrogen (secondary N) is 8. The molecular formula is C56H74N12O8. The maximum atomic E-state index is 14.6. The summed E-state index contributed by atoms with van der Waals surface area (Å²) in [6, 6.07) is 15.9. The SMILES string of the molecule is CN[C@@H](C)C(=O)N[C@H]1CN(C(=O)Nc2ccc(NC(=O)N3CC[C@H]4CC[C@@H](C(=O)N[C@@H]5CCCc6ccccc65)N4C(=O)[C@@H](NC(=O)[C@H](C)NC)C3)cc2)CC[C@H]2CC[C@@H](C(=O)N[C@@H]3CCCc4ccccc43)N2C1=O. The average molecular weight is 1040 g/mol. The van der Waals surface area contributed by atoms with E-state index in [1.165, 1.54) is 20.9 Å². The number of hydrogen-bond acceptors (Lipinski definition) is 10. The van der Waals surface area contributed by atoms with E-state index in [0.29, 0.717) is 49.9 Å². The van der Waals surface area contributed by atoms with Crippen molar-refractivity contribution in [2.45, 2.75) is 151 Å². The van der Waals surface area contributed by atoms with Crippen LogP contribution in [-0.4, -0.2) is 156 Å². The molecule has 0 saturated carbocycles. The third-order valence-corrected chi connectivity index (χ3v) is 16.6. The highest BCUT2D eigenvalue weighted by atomic mass is 16.2. The van der Waals surface area contributed by atoms with E-state index in [-0.39, 0.29) is 62.2 Å². The number of nitrogens with zero attached hydrogens (tertiary/aromatic N) is 4. The molecular weight excluding hydrogens is 969 g/mol. The minimum Gasteiger partial charge on any atom is -0.347 e. The maximum Gasteiger partial charge on any atom is 0.321 e. The Morgan fingerprint density at radius 3 is 1.28 bits per heavy atom. The molecule has 9 rings (SSSR count). The lowest BCUT2D eigenvalue weighted by Crippen LogP contribution is -2.62. The number of aryl methyl sites for hydroxylation is 2. The van der Waals surface area contributed by atoms with Gasteiger partial charge in [-0.25, -0.2) is 9.59 Å². The van der Waals surface area contributed by atoms with Crippen LogP contribution in [-0.2, 0) is 41.6 Å². The van der Waals surface area contributed by atoms with Crippen LogP contribution in [0.5, 0.6) is 0 Å². The summed E-state index contributed by atoms with van der Waals surface area (Å²) >= 11 is 0. The number of amides is 10. The lowest BCUT2D eigenvalue weighted by molar-refractivity contribution is -0.145. The van der Waals surface area contributed by atoms with Gasteiger partial charge in [0.2, 0.25) is 35.4 Å². The van der Waals surface area contributed by atoms with Gasteiger partial charge < -0.3 is 62.1 Å². The Hall–Kier alpha value is -7.06. The maximum absolute atomic E-state index is 14.6. The first-order chi connectivity index (χ1) is 36.7. The fourth-order valence-corrected chi connectivity index (χ4v) is 12.1. The minimum atomic E-state index is -1.13. The molecule has 4 fully saturated rings. The second-order valence-electron chi connectivity index (χ2n) is 21.3. The normalized spacial score (nSPS) is 26.1. The highest BCUT2D eigenvalue weighted by Crippen LogP contribution is 2.35. The molecule has 10 atom stereocenters. The van der Waals surface area contributed by atoms with Gasteiger partial charge in [0.1, 0.15) is 24.2 Å². The predicted octanol–water partition coefficient (Wildman–Crippen LogP) is 3.45. The Kier molecular flexibility index (Phi) is 16.9. The number of carbonyl (C=O) groups is 8. The van der Waals surface area contributed by atoms with Gasteiger partial charge in [0, 0.05) is 36.5 Å². The predicted molar refractivity (Wildman–Crippen MR) is 286 cm³/mol. The van der Waals surface area contributed by atoms with Crippen LogP contribution in [0.25, 0.3) is 0 Å². The van der Waals surface area contributed by atoms with Crippen molar-refractivity contribution in [3.63, 3.8) is 0 Å². The molecule has 406 valence electrons. The molecule has 3 aromatic carbocycles. The van der Waals surface area contributed by atoms with Crippen LogP contribution < -0.4 is 42.5 Å². The minimum absolute atomic E-state index is 0.135. The van der Waals surface area contributed by atoms with Crippen LogP contribution in [0.3, 0.4) is 0 Å². The van der Waals surface area contributed by atoms with E-state index in [9.17, 15) is 38.4 Å². The molecule has 0 unspecified atom stereocenters. The highest BCUT2D eigenvalue weighted by molar-refractivity contribution is 5.97. The topological polar surface area (TPSA) is 246 Å². The molecule has 4 aliphatic heterocycles. The summed E-state index contributed by atoms with van der Waals surface area (Å²) in [4.78, 5) is 118. The fraction of sp³-hybridized carbons (Fsp3) is 0.536. The second-order valence-corrected chi connectivity index (χ2v) is 21.3. The van der Waals surface area contributed by atoms with Crippen LogP contribution in [0.15, 0.2) is 72.8 Å². The van der Waals surface area contributed by atoms with Crippen LogP contribution >= 0.6 is 0 Å². The average Bonchev–Trinajstić information content (AvgIpc) is 4.06. The van der Waals surface area contributed by atoms with Crippen molar-refractivity contribution < 1.29 is 38.4 Å². The fourth-order valence-electron chi connectivity index (χ4n) is 12.1. The Morgan fingerprint density at radius 1 is 0.487 bits per heavy atom. The third kappa shape index (κ3) is 11.8. The van der Waals surface area contributed by atoms with E-state index in [1.807, 2.05) is 36.4 Å². The monoisotopic (exact) mass is 1040 g/mol. The van der Waals surface area contributed by atoms with E-state index in [4.69, 9.17) is 0 Å². The third-order valence-electron chi connectivity index (χ3n) is 16.6. The van der Waals surface area contributed by atoms with E-state index in [1.54, 1.807) is 62.0 Å². The molecule has 76 heavy (non-hydrogen) atoms. The van der Waals surface area contributed by atoms with Gasteiger partial charge >= 0.3 is 12.1 Å². The summed E-state index contributed by atoms with van der Waals surface area (Å²) in [5.74, 6) is -2.11. The smallest absolute Gasteiger partial charge is 0.321 e. The number of hydrogen-bond donors (Lipinski definition) is 8.